The molecule has 0 spiro atoms. The summed E-state index contributed by atoms with van der Waals surface area (Å²) in [5, 5.41) is 4.36. The first kappa shape index (κ1) is 15.8. The quantitative estimate of drug-likeness (QED) is 0.863. The Morgan fingerprint density at radius 1 is 1.09 bits per heavy atom. The highest BCUT2D eigenvalue weighted by Gasteiger charge is 2.14. The third-order valence-corrected chi connectivity index (χ3v) is 4.16. The third-order valence-electron chi connectivity index (χ3n) is 4.16. The van der Waals surface area contributed by atoms with Gasteiger partial charge in [0.2, 0.25) is 0 Å². The lowest BCUT2D eigenvalue weighted by Crippen LogP contribution is -2.36. The molecule has 0 saturated carbocycles. The lowest BCUT2D eigenvalue weighted by Gasteiger charge is -2.20. The minimum Gasteiger partial charge on any atom is -0.305 e. The smallest absolute Gasteiger partial charge is 0.268 e. The normalized spacial score (nSPS) is 17.1. The van der Waals surface area contributed by atoms with Crippen molar-refractivity contribution in [2.24, 2.45) is 0 Å². The van der Waals surface area contributed by atoms with Crippen LogP contribution in [0.3, 0.4) is 0 Å². The van der Waals surface area contributed by atoms with Gasteiger partial charge in [-0.1, -0.05) is 12.1 Å². The van der Waals surface area contributed by atoms with Crippen LogP contribution in [0, 0.1) is 5.82 Å². The Bertz CT molecular complexity index is 731. The van der Waals surface area contributed by atoms with Gasteiger partial charge in [0.05, 0.1) is 12.4 Å². The number of hydrogen-bond acceptors (Lipinski definition) is 4. The Hall–Kier alpha value is -2.05. The summed E-state index contributed by atoms with van der Waals surface area (Å²) in [7, 11) is 2.10. The van der Waals surface area contributed by atoms with Gasteiger partial charge < -0.3 is 4.90 Å². The minimum atomic E-state index is -0.332. The Morgan fingerprint density at radius 2 is 1.91 bits per heavy atom. The molecule has 1 aromatic carbocycles. The fraction of sp³-hybridized carbons (Fsp3) is 0.412. The molecule has 0 aliphatic carbocycles. The molecule has 1 aliphatic heterocycles. The Balaban J connectivity index is 1.84. The molecule has 1 aromatic heterocycles. The molecule has 0 N–H and O–H groups in total. The van der Waals surface area contributed by atoms with Crippen LogP contribution >= 0.6 is 0 Å². The van der Waals surface area contributed by atoms with Crippen LogP contribution in [0.4, 0.5) is 4.39 Å². The van der Waals surface area contributed by atoms with E-state index in [4.69, 9.17) is 0 Å². The molecule has 0 unspecified atom stereocenters. The minimum absolute atomic E-state index is 0.164. The van der Waals surface area contributed by atoms with Crippen molar-refractivity contribution in [3.63, 3.8) is 0 Å². The molecular weight excluding hydrogens is 295 g/mol. The van der Waals surface area contributed by atoms with Gasteiger partial charge in [0.25, 0.3) is 5.56 Å². The summed E-state index contributed by atoms with van der Waals surface area (Å²) in [6.45, 7) is 4.31. The number of aromatic nitrogens is 2. The van der Waals surface area contributed by atoms with Crippen molar-refractivity contribution in [3.05, 3.63) is 52.6 Å². The first-order valence-electron chi connectivity index (χ1n) is 7.87. The molecule has 2 aromatic rings. The standard InChI is InChI=1S/C17H21FN4O/c1-20-9-4-10-21(12-11-20)13-22-17(23)8-7-16(19-22)14-5-2-3-6-15(14)18/h2-3,5-8H,4,9-13H2,1H3. The maximum Gasteiger partial charge on any atom is 0.268 e. The molecule has 23 heavy (non-hydrogen) atoms. The monoisotopic (exact) mass is 316 g/mol. The van der Waals surface area contributed by atoms with Crippen molar-refractivity contribution in [1.82, 2.24) is 19.6 Å². The lowest BCUT2D eigenvalue weighted by atomic mass is 10.1. The van der Waals surface area contributed by atoms with Gasteiger partial charge >= 0.3 is 0 Å². The van der Waals surface area contributed by atoms with Gasteiger partial charge in [-0.05, 0) is 38.2 Å². The first-order chi connectivity index (χ1) is 11.1. The van der Waals surface area contributed by atoms with E-state index in [0.717, 1.165) is 32.6 Å². The SMILES string of the molecule is CN1CCCN(Cn2nc(-c3ccccc3F)ccc2=O)CC1. The number of nitrogens with zero attached hydrogens (tertiary/aromatic N) is 4. The van der Waals surface area contributed by atoms with Gasteiger partial charge in [0, 0.05) is 31.3 Å². The van der Waals surface area contributed by atoms with Gasteiger partial charge in [0.15, 0.2) is 0 Å². The molecule has 0 bridgehead atoms. The Morgan fingerprint density at radius 3 is 2.74 bits per heavy atom. The Labute approximate surface area is 135 Å². The highest BCUT2D eigenvalue weighted by atomic mass is 19.1. The molecule has 3 rings (SSSR count). The molecule has 1 saturated heterocycles. The highest BCUT2D eigenvalue weighted by molar-refractivity contribution is 5.58. The van der Waals surface area contributed by atoms with Crippen LogP contribution in [-0.4, -0.2) is 52.8 Å². The molecular formula is C17H21FN4O. The van der Waals surface area contributed by atoms with E-state index in [0.29, 0.717) is 17.9 Å². The number of halogens is 1. The molecule has 6 heteroatoms. The van der Waals surface area contributed by atoms with Crippen molar-refractivity contribution >= 4 is 0 Å². The molecule has 0 atom stereocenters. The van der Waals surface area contributed by atoms with Crippen molar-refractivity contribution in [2.75, 3.05) is 33.2 Å². The third kappa shape index (κ3) is 3.83. The average Bonchev–Trinajstić information content (AvgIpc) is 2.75. The van der Waals surface area contributed by atoms with Crippen LogP contribution in [0.15, 0.2) is 41.2 Å². The van der Waals surface area contributed by atoms with E-state index >= 15 is 0 Å². The second-order valence-electron chi connectivity index (χ2n) is 5.95. The first-order valence-corrected chi connectivity index (χ1v) is 7.87. The van der Waals surface area contributed by atoms with E-state index in [2.05, 4.69) is 21.9 Å². The van der Waals surface area contributed by atoms with Crippen LogP contribution in [0.1, 0.15) is 6.42 Å². The van der Waals surface area contributed by atoms with E-state index < -0.39 is 0 Å². The van der Waals surface area contributed by atoms with E-state index in [1.165, 1.54) is 16.8 Å². The van der Waals surface area contributed by atoms with Crippen LogP contribution in [0.5, 0.6) is 0 Å². The average molecular weight is 316 g/mol. The second kappa shape index (κ2) is 7.02. The summed E-state index contributed by atoms with van der Waals surface area (Å²) >= 11 is 0. The summed E-state index contributed by atoms with van der Waals surface area (Å²) in [5.41, 5.74) is 0.731. The van der Waals surface area contributed by atoms with E-state index in [-0.39, 0.29) is 11.4 Å². The van der Waals surface area contributed by atoms with Crippen LogP contribution < -0.4 is 5.56 Å². The van der Waals surface area contributed by atoms with Crippen LogP contribution in [0.2, 0.25) is 0 Å². The zero-order chi connectivity index (χ0) is 16.2. The zero-order valence-corrected chi connectivity index (χ0v) is 13.3. The van der Waals surface area contributed by atoms with Crippen molar-refractivity contribution < 1.29 is 4.39 Å². The van der Waals surface area contributed by atoms with Gasteiger partial charge in [-0.2, -0.15) is 5.10 Å². The predicted octanol–water partition coefficient (Wildman–Crippen LogP) is 1.64. The predicted molar refractivity (Wildman–Crippen MR) is 87.6 cm³/mol. The van der Waals surface area contributed by atoms with Crippen molar-refractivity contribution in [1.29, 1.82) is 0 Å². The van der Waals surface area contributed by atoms with Crippen molar-refractivity contribution in [2.45, 2.75) is 13.1 Å². The Kier molecular flexibility index (Phi) is 4.83. The van der Waals surface area contributed by atoms with E-state index in [1.54, 1.807) is 24.3 Å². The number of likely N-dealkylation sites (N-methyl/N-ethyl adjacent to an activating group) is 1. The lowest BCUT2D eigenvalue weighted by molar-refractivity contribution is 0.209. The fourth-order valence-electron chi connectivity index (χ4n) is 2.79. The topological polar surface area (TPSA) is 41.4 Å². The number of hydrogen-bond donors (Lipinski definition) is 0. The second-order valence-corrected chi connectivity index (χ2v) is 5.95. The highest BCUT2D eigenvalue weighted by Crippen LogP contribution is 2.18. The van der Waals surface area contributed by atoms with Gasteiger partial charge in [-0.25, -0.2) is 9.07 Å². The van der Waals surface area contributed by atoms with E-state index in [9.17, 15) is 9.18 Å². The summed E-state index contributed by atoms with van der Waals surface area (Å²) in [6, 6.07) is 9.51. The summed E-state index contributed by atoms with van der Waals surface area (Å²) in [6.07, 6.45) is 1.07. The maximum absolute atomic E-state index is 13.9. The molecule has 1 fully saturated rings. The number of rotatable bonds is 3. The summed E-state index contributed by atoms with van der Waals surface area (Å²) in [4.78, 5) is 16.6. The molecule has 5 nitrogen and oxygen atoms in total. The van der Waals surface area contributed by atoms with Gasteiger partial charge in [-0.15, -0.1) is 0 Å². The zero-order valence-electron chi connectivity index (χ0n) is 13.3. The van der Waals surface area contributed by atoms with Crippen LogP contribution in [0.25, 0.3) is 11.3 Å². The molecule has 1 aliphatic rings. The molecule has 2 heterocycles. The van der Waals surface area contributed by atoms with Gasteiger partial charge in [-0.3, -0.25) is 9.69 Å². The van der Waals surface area contributed by atoms with Gasteiger partial charge in [0.1, 0.15) is 5.82 Å². The van der Waals surface area contributed by atoms with E-state index in [1.807, 2.05) is 0 Å². The van der Waals surface area contributed by atoms with Crippen molar-refractivity contribution in [3.8, 4) is 11.3 Å². The molecule has 0 amide bonds. The van der Waals surface area contributed by atoms with Crippen LogP contribution in [-0.2, 0) is 6.67 Å². The summed E-state index contributed by atoms with van der Waals surface area (Å²) < 4.78 is 15.3. The fourth-order valence-corrected chi connectivity index (χ4v) is 2.79. The summed E-state index contributed by atoms with van der Waals surface area (Å²) in [5.74, 6) is -0.332. The largest absolute Gasteiger partial charge is 0.305 e. The number of benzene rings is 1. The molecule has 0 radical (unpaired) electrons. The molecule has 122 valence electrons. The maximum atomic E-state index is 13.9.